The number of ketones is 1. The molecular formula is C54H80N6O6. The molecule has 0 bridgehead atoms. The predicted octanol–water partition coefficient (Wildman–Crippen LogP) is 8.65. The molecule has 0 spiro atoms. The standard InChI is InChI=1S/C54H80N6O6/c1-38(2)46(61)33-34-50(63)56-36-22-20-27-43(52(65)66)58-51(64)42(57-39(3)4)26-19-21-35-55-49(62)32-14-11-23-37-60-45-29-18-16-25-41(45)54(7,8)48(60)31-13-10-12-30-47-53(5,6)40-24-15-17-28-44(40)59(47)9/h10,12-13,15-18,24-25,28-31,38-39,42-43,48,57H,11,14,19-23,26-27,32-37H2,1-9H3,(H,55,62)(H,56,63)(H,58,64)(H,65,66)/b12-10+,31-13?,47-30+. The number of benzene rings is 2. The van der Waals surface area contributed by atoms with E-state index in [9.17, 15) is 29.1 Å². The van der Waals surface area contributed by atoms with Gasteiger partial charge in [0.05, 0.1) is 12.1 Å². The maximum absolute atomic E-state index is 13.3. The van der Waals surface area contributed by atoms with Gasteiger partial charge < -0.3 is 36.2 Å². The molecule has 3 atom stereocenters. The summed E-state index contributed by atoms with van der Waals surface area (Å²) in [6.07, 6.45) is 17.7. The Morgan fingerprint density at radius 3 is 1.92 bits per heavy atom. The highest BCUT2D eigenvalue weighted by Crippen LogP contribution is 2.47. The molecule has 362 valence electrons. The van der Waals surface area contributed by atoms with Crippen LogP contribution in [-0.4, -0.2) is 85.4 Å². The van der Waals surface area contributed by atoms with Gasteiger partial charge in [-0.1, -0.05) is 123 Å². The second kappa shape index (κ2) is 25.6. The number of hydrogen-bond donors (Lipinski definition) is 5. The second-order valence-electron chi connectivity index (χ2n) is 19.8. The molecule has 0 aromatic heterocycles. The third kappa shape index (κ3) is 15.2. The summed E-state index contributed by atoms with van der Waals surface area (Å²) in [6.45, 7) is 18.5. The monoisotopic (exact) mass is 909 g/mol. The van der Waals surface area contributed by atoms with Crippen LogP contribution in [0.2, 0.25) is 0 Å². The third-order valence-electron chi connectivity index (χ3n) is 13.2. The first-order valence-corrected chi connectivity index (χ1v) is 24.5. The molecule has 2 aliphatic rings. The third-order valence-corrected chi connectivity index (χ3v) is 13.2. The molecule has 0 fully saturated rings. The molecule has 2 aliphatic heterocycles. The normalized spacial score (nSPS) is 17.7. The molecule has 12 nitrogen and oxygen atoms in total. The van der Waals surface area contributed by atoms with Crippen LogP contribution in [0.25, 0.3) is 0 Å². The minimum absolute atomic E-state index is 0.0130. The maximum atomic E-state index is 13.3. The number of unbranched alkanes of at least 4 members (excludes halogenated alkanes) is 4. The molecule has 0 saturated carbocycles. The zero-order valence-corrected chi connectivity index (χ0v) is 41.4. The van der Waals surface area contributed by atoms with Crippen LogP contribution in [-0.2, 0) is 34.8 Å². The van der Waals surface area contributed by atoms with Gasteiger partial charge in [-0.05, 0) is 80.7 Å². The molecule has 3 unspecified atom stereocenters. The number of carbonyl (C=O) groups is 5. The fraction of sp³-hybridized carbons (Fsp3) is 0.574. The van der Waals surface area contributed by atoms with Gasteiger partial charge in [-0.25, -0.2) is 4.79 Å². The first-order valence-electron chi connectivity index (χ1n) is 24.5. The number of likely N-dealkylation sites (N-methyl/N-ethyl adjacent to an activating group) is 1. The van der Waals surface area contributed by atoms with Gasteiger partial charge in [0.1, 0.15) is 11.8 Å². The molecule has 4 rings (SSSR count). The van der Waals surface area contributed by atoms with Crippen LogP contribution in [0.4, 0.5) is 11.4 Å². The summed E-state index contributed by atoms with van der Waals surface area (Å²) in [4.78, 5) is 66.7. The molecule has 0 radical (unpaired) electrons. The van der Waals surface area contributed by atoms with E-state index in [0.29, 0.717) is 51.6 Å². The van der Waals surface area contributed by atoms with E-state index in [0.717, 1.165) is 25.8 Å². The Kier molecular flexibility index (Phi) is 20.7. The molecular weight excluding hydrogens is 829 g/mol. The zero-order valence-electron chi connectivity index (χ0n) is 41.4. The summed E-state index contributed by atoms with van der Waals surface area (Å²) < 4.78 is 0. The van der Waals surface area contributed by atoms with E-state index < -0.39 is 18.1 Å². The van der Waals surface area contributed by atoms with E-state index in [4.69, 9.17) is 0 Å². The summed E-state index contributed by atoms with van der Waals surface area (Å²) in [5.41, 5.74) is 6.39. The van der Waals surface area contributed by atoms with E-state index in [-0.39, 0.29) is 71.6 Å². The van der Waals surface area contributed by atoms with Crippen molar-refractivity contribution in [2.24, 2.45) is 5.92 Å². The van der Waals surface area contributed by atoms with Crippen molar-refractivity contribution in [1.82, 2.24) is 21.3 Å². The number of fused-ring (bicyclic) bond motifs is 2. The average Bonchev–Trinajstić information content (AvgIpc) is 3.60. The van der Waals surface area contributed by atoms with Gasteiger partial charge in [0.15, 0.2) is 0 Å². The first kappa shape index (κ1) is 53.4. The Bertz CT molecular complexity index is 2040. The highest BCUT2D eigenvalue weighted by Gasteiger charge is 2.42. The fourth-order valence-electron chi connectivity index (χ4n) is 9.33. The molecule has 2 heterocycles. The number of hydrogen-bond acceptors (Lipinski definition) is 8. The van der Waals surface area contributed by atoms with Crippen LogP contribution < -0.4 is 31.1 Å². The van der Waals surface area contributed by atoms with Gasteiger partial charge in [-0.3, -0.25) is 19.2 Å². The number of rotatable bonds is 28. The van der Waals surface area contributed by atoms with Crippen molar-refractivity contribution < 1.29 is 29.1 Å². The first-order chi connectivity index (χ1) is 31.4. The molecule has 2 aromatic rings. The number of Topliss-reactive ketones (excluding diaryl/α,β-unsaturated/α-hetero) is 1. The van der Waals surface area contributed by atoms with Crippen molar-refractivity contribution in [3.8, 4) is 0 Å². The van der Waals surface area contributed by atoms with Gasteiger partial charge >= 0.3 is 5.97 Å². The summed E-state index contributed by atoms with van der Waals surface area (Å²) in [5, 5.41) is 21.6. The highest BCUT2D eigenvalue weighted by molar-refractivity contribution is 5.87. The highest BCUT2D eigenvalue weighted by atomic mass is 16.4. The topological polar surface area (TPSA) is 160 Å². The number of nitrogens with zero attached hydrogens (tertiary/aromatic N) is 2. The van der Waals surface area contributed by atoms with Crippen molar-refractivity contribution in [2.75, 3.05) is 36.5 Å². The Balaban J connectivity index is 1.16. The number of carboxylic acid groups (broad SMARTS) is 1. The van der Waals surface area contributed by atoms with Crippen LogP contribution in [0.15, 0.2) is 84.6 Å². The smallest absolute Gasteiger partial charge is 0.326 e. The molecule has 0 aliphatic carbocycles. The Hall–Kier alpha value is -5.23. The number of carboxylic acids is 1. The minimum atomic E-state index is -1.10. The largest absolute Gasteiger partial charge is 0.480 e. The van der Waals surface area contributed by atoms with Crippen LogP contribution in [0.3, 0.4) is 0 Å². The van der Waals surface area contributed by atoms with Crippen LogP contribution >= 0.6 is 0 Å². The van der Waals surface area contributed by atoms with Crippen LogP contribution in [0.5, 0.6) is 0 Å². The van der Waals surface area contributed by atoms with E-state index in [1.807, 2.05) is 27.7 Å². The van der Waals surface area contributed by atoms with E-state index in [1.165, 1.54) is 28.2 Å². The lowest BCUT2D eigenvalue weighted by Crippen LogP contribution is -2.51. The number of amides is 3. The van der Waals surface area contributed by atoms with Gasteiger partial charge in [-0.2, -0.15) is 0 Å². The SMILES string of the molecule is CC(C)NC(CCCCNC(=O)CCCCCN1c2ccccc2C(C)(C)C1C=C/C=C/C=C1/N(C)c2ccccc2C1(C)C)C(=O)NC(CCCCNC(=O)CCC(=O)C(C)C)C(=O)O. The second-order valence-corrected chi connectivity index (χ2v) is 19.8. The number of para-hydroxylation sites is 2. The molecule has 5 N–H and O–H groups in total. The van der Waals surface area contributed by atoms with Crippen molar-refractivity contribution in [1.29, 1.82) is 0 Å². The van der Waals surface area contributed by atoms with E-state index >= 15 is 0 Å². The number of allylic oxidation sites excluding steroid dienone is 5. The molecule has 3 amide bonds. The summed E-state index contributed by atoms with van der Waals surface area (Å²) in [5.74, 6) is -1.69. The van der Waals surface area contributed by atoms with Crippen molar-refractivity contribution in [3.63, 3.8) is 0 Å². The average molecular weight is 909 g/mol. The van der Waals surface area contributed by atoms with Gasteiger partial charge in [0.25, 0.3) is 0 Å². The number of carbonyl (C=O) groups excluding carboxylic acids is 4. The van der Waals surface area contributed by atoms with Gasteiger partial charge in [0.2, 0.25) is 17.7 Å². The summed E-state index contributed by atoms with van der Waals surface area (Å²) in [7, 11) is 2.14. The number of aliphatic carboxylic acids is 1. The lowest BCUT2D eigenvalue weighted by molar-refractivity contribution is -0.142. The lowest BCUT2D eigenvalue weighted by atomic mass is 9.80. The van der Waals surface area contributed by atoms with Crippen LogP contribution in [0, 0.1) is 5.92 Å². The zero-order chi connectivity index (χ0) is 48.4. The minimum Gasteiger partial charge on any atom is -0.480 e. The lowest BCUT2D eigenvalue weighted by Gasteiger charge is -2.32. The Morgan fingerprint density at radius 2 is 1.30 bits per heavy atom. The maximum Gasteiger partial charge on any atom is 0.326 e. The van der Waals surface area contributed by atoms with Gasteiger partial charge in [-0.15, -0.1) is 0 Å². The predicted molar refractivity (Wildman–Crippen MR) is 268 cm³/mol. The van der Waals surface area contributed by atoms with Crippen molar-refractivity contribution >= 4 is 40.8 Å². The molecule has 0 saturated heterocycles. The Labute approximate surface area is 395 Å². The van der Waals surface area contributed by atoms with Crippen LogP contribution in [0.1, 0.15) is 144 Å². The van der Waals surface area contributed by atoms with Gasteiger partial charge in [0, 0.05) is 85.8 Å². The number of nitrogens with one attached hydrogen (secondary N) is 4. The van der Waals surface area contributed by atoms with E-state index in [2.05, 4.69) is 145 Å². The van der Waals surface area contributed by atoms with E-state index in [1.54, 1.807) is 0 Å². The summed E-state index contributed by atoms with van der Waals surface area (Å²) in [6, 6.07) is 15.9. The van der Waals surface area contributed by atoms with Crippen molar-refractivity contribution in [2.45, 2.75) is 167 Å². The quantitative estimate of drug-likeness (QED) is 0.0416. The van der Waals surface area contributed by atoms with Crippen molar-refractivity contribution in [3.05, 3.63) is 95.7 Å². The summed E-state index contributed by atoms with van der Waals surface area (Å²) >= 11 is 0. The number of anilines is 2. The molecule has 12 heteroatoms. The Morgan fingerprint density at radius 1 is 0.697 bits per heavy atom. The molecule has 2 aromatic carbocycles. The molecule has 66 heavy (non-hydrogen) atoms. The fourth-order valence-corrected chi connectivity index (χ4v) is 9.33.